The molecule has 2 aromatic rings. The predicted molar refractivity (Wildman–Crippen MR) is 144 cm³/mol. The lowest BCUT2D eigenvalue weighted by Gasteiger charge is -2.39. The number of alkyl halides is 2. The van der Waals surface area contributed by atoms with E-state index < -0.39 is 60.8 Å². The third-order valence-corrected chi connectivity index (χ3v) is 8.51. The van der Waals surface area contributed by atoms with Crippen LogP contribution in [-0.2, 0) is 37.2 Å². The van der Waals surface area contributed by atoms with Gasteiger partial charge in [0.25, 0.3) is 0 Å². The number of phosphoric ester groups is 1. The monoisotopic (exact) mass is 667 g/mol. The SMILES string of the molecule is CC(C)OC(=O)CCNC(=O)[C@@H]1OP(=O)(OC[C@H]2O[C@@H](n3cnc4c(N)nc(N)nc43)[C@@](F)(Br)C2O)OCC1(C)C. The molecule has 0 spiro atoms. The summed E-state index contributed by atoms with van der Waals surface area (Å²) in [6.07, 6.45) is -5.21. The zero-order valence-electron chi connectivity index (χ0n) is 22.7. The third-order valence-electron chi connectivity index (χ3n) is 6.27. The van der Waals surface area contributed by atoms with Crippen molar-refractivity contribution < 1.29 is 46.7 Å². The number of ether oxygens (including phenoxy) is 2. The van der Waals surface area contributed by atoms with Crippen molar-refractivity contribution in [1.29, 1.82) is 0 Å². The van der Waals surface area contributed by atoms with Crippen molar-refractivity contribution in [3.8, 4) is 0 Å². The standard InChI is InChI=1S/C22H32BrFN7O9P/c1-10(2)38-12(32)5-6-27-18(34)15-21(3,4)8-37-41(35,40-15)36-7-11-14(33)22(23,24)19(39-11)31-9-28-13-16(25)29-20(26)30-17(13)31/h9-11,14-15,19,33H,5-8H2,1-4H3,(H,27,34)(H4,25,26,29,30)/t11-,14?,15+,19-,22-,41?/m1/s1. The van der Waals surface area contributed by atoms with Crippen LogP contribution in [0.4, 0.5) is 16.2 Å². The van der Waals surface area contributed by atoms with Crippen molar-refractivity contribution >= 4 is 58.6 Å². The van der Waals surface area contributed by atoms with E-state index in [1.54, 1.807) is 27.7 Å². The molecule has 2 aromatic heterocycles. The van der Waals surface area contributed by atoms with Crippen molar-refractivity contribution in [2.24, 2.45) is 5.41 Å². The molecule has 2 saturated heterocycles. The number of nitrogens with two attached hydrogens (primary N) is 2. The second-order valence-corrected chi connectivity index (χ2v) is 13.3. The van der Waals surface area contributed by atoms with Crippen LogP contribution in [0.5, 0.6) is 0 Å². The number of nitrogens with one attached hydrogen (secondary N) is 1. The number of aliphatic hydroxyl groups excluding tert-OH is 1. The minimum absolute atomic E-state index is 0.0367. The number of aromatic nitrogens is 4. The summed E-state index contributed by atoms with van der Waals surface area (Å²) in [6.45, 7) is 5.85. The molecule has 2 fully saturated rings. The zero-order valence-corrected chi connectivity index (χ0v) is 25.1. The van der Waals surface area contributed by atoms with Gasteiger partial charge in [0.1, 0.15) is 17.7 Å². The molecule has 228 valence electrons. The zero-order chi connectivity index (χ0) is 30.3. The number of nitrogens with zero attached hydrogens (tertiary/aromatic N) is 4. The average molecular weight is 668 g/mol. The largest absolute Gasteiger partial charge is 0.475 e. The van der Waals surface area contributed by atoms with E-state index in [0.29, 0.717) is 0 Å². The van der Waals surface area contributed by atoms with Crippen LogP contribution in [0.2, 0.25) is 0 Å². The fourth-order valence-corrected chi connectivity index (χ4v) is 6.47. The second kappa shape index (κ2) is 11.7. The van der Waals surface area contributed by atoms with Gasteiger partial charge in [-0.2, -0.15) is 9.97 Å². The van der Waals surface area contributed by atoms with E-state index in [4.69, 9.17) is 34.5 Å². The molecule has 19 heteroatoms. The Morgan fingerprint density at radius 3 is 2.76 bits per heavy atom. The molecule has 1 amide bonds. The van der Waals surface area contributed by atoms with E-state index >= 15 is 4.39 Å². The number of hydrogen-bond acceptors (Lipinski definition) is 14. The molecule has 0 saturated carbocycles. The van der Waals surface area contributed by atoms with Gasteiger partial charge in [-0.05, 0) is 29.8 Å². The van der Waals surface area contributed by atoms with E-state index in [9.17, 15) is 19.3 Å². The summed E-state index contributed by atoms with van der Waals surface area (Å²) in [5.41, 5.74) is 10.7. The molecule has 41 heavy (non-hydrogen) atoms. The molecular weight excluding hydrogens is 636 g/mol. The Labute approximate surface area is 242 Å². The van der Waals surface area contributed by atoms with Crippen LogP contribution in [0.1, 0.15) is 40.3 Å². The number of aliphatic hydroxyl groups is 1. The van der Waals surface area contributed by atoms with Gasteiger partial charge in [0.05, 0.1) is 32.1 Å². The predicted octanol–water partition coefficient (Wildman–Crippen LogP) is 1.33. The highest BCUT2D eigenvalue weighted by molar-refractivity contribution is 9.10. The summed E-state index contributed by atoms with van der Waals surface area (Å²) < 4.78 is 54.5. The number of halogens is 2. The van der Waals surface area contributed by atoms with Crippen molar-refractivity contribution in [2.45, 2.75) is 69.3 Å². The Balaban J connectivity index is 1.42. The Morgan fingerprint density at radius 1 is 1.37 bits per heavy atom. The highest BCUT2D eigenvalue weighted by Gasteiger charge is 2.58. The van der Waals surface area contributed by atoms with Crippen LogP contribution in [0, 0.1) is 5.41 Å². The number of phosphoric acid groups is 1. The molecule has 2 aliphatic heterocycles. The minimum Gasteiger partial charge on any atom is -0.463 e. The molecule has 2 aliphatic rings. The molecule has 16 nitrogen and oxygen atoms in total. The smallest absolute Gasteiger partial charge is 0.463 e. The van der Waals surface area contributed by atoms with Gasteiger partial charge in [-0.25, -0.2) is 13.9 Å². The minimum atomic E-state index is -4.38. The van der Waals surface area contributed by atoms with Gasteiger partial charge in [0, 0.05) is 12.0 Å². The Morgan fingerprint density at radius 2 is 2.07 bits per heavy atom. The number of rotatable bonds is 9. The van der Waals surface area contributed by atoms with Crippen LogP contribution < -0.4 is 16.8 Å². The maximum absolute atomic E-state index is 15.7. The lowest BCUT2D eigenvalue weighted by atomic mass is 9.87. The number of carbonyl (C=O) groups is 2. The lowest BCUT2D eigenvalue weighted by molar-refractivity contribution is -0.147. The van der Waals surface area contributed by atoms with E-state index in [0.717, 1.165) is 4.57 Å². The van der Waals surface area contributed by atoms with Gasteiger partial charge in [-0.15, -0.1) is 0 Å². The molecule has 0 aliphatic carbocycles. The molecule has 6 atom stereocenters. The number of imidazole rings is 1. The number of fused-ring (bicyclic) bond motifs is 1. The summed E-state index contributed by atoms with van der Waals surface area (Å²) in [7, 11) is -4.38. The molecular formula is C22H32BrFN7O9P. The summed E-state index contributed by atoms with van der Waals surface area (Å²) in [6, 6.07) is 0. The van der Waals surface area contributed by atoms with Crippen LogP contribution in [0.3, 0.4) is 0 Å². The lowest BCUT2D eigenvalue weighted by Crippen LogP contribution is -2.50. The van der Waals surface area contributed by atoms with Gasteiger partial charge in [0.15, 0.2) is 23.8 Å². The third kappa shape index (κ3) is 6.63. The van der Waals surface area contributed by atoms with Crippen molar-refractivity contribution in [3.63, 3.8) is 0 Å². The highest BCUT2D eigenvalue weighted by atomic mass is 79.9. The fourth-order valence-electron chi connectivity index (χ4n) is 4.19. The summed E-state index contributed by atoms with van der Waals surface area (Å²) in [4.78, 5) is 36.5. The quantitative estimate of drug-likeness (QED) is 0.168. The number of amides is 1. The molecule has 0 aromatic carbocycles. The summed E-state index contributed by atoms with van der Waals surface area (Å²) >= 11 is 2.86. The van der Waals surface area contributed by atoms with Crippen molar-refractivity contribution in [2.75, 3.05) is 31.2 Å². The topological polar surface area (TPSA) is 225 Å². The van der Waals surface area contributed by atoms with E-state index in [1.165, 1.54) is 6.33 Å². The van der Waals surface area contributed by atoms with E-state index in [-0.39, 0.29) is 48.6 Å². The molecule has 0 radical (unpaired) electrons. The van der Waals surface area contributed by atoms with Crippen LogP contribution in [-0.4, -0.2) is 85.3 Å². The number of anilines is 2. The van der Waals surface area contributed by atoms with Crippen LogP contribution in [0.25, 0.3) is 11.2 Å². The molecule has 4 heterocycles. The van der Waals surface area contributed by atoms with Crippen molar-refractivity contribution in [1.82, 2.24) is 24.8 Å². The van der Waals surface area contributed by atoms with Gasteiger partial charge < -0.3 is 31.4 Å². The maximum Gasteiger partial charge on any atom is 0.475 e. The normalized spacial score (nSPS) is 31.4. The van der Waals surface area contributed by atoms with E-state index in [1.807, 2.05) is 0 Å². The summed E-state index contributed by atoms with van der Waals surface area (Å²) in [5.74, 6) is -1.36. The Bertz CT molecular complexity index is 1360. The number of hydrogen-bond donors (Lipinski definition) is 4. The first kappa shape index (κ1) is 31.5. The van der Waals surface area contributed by atoms with Crippen LogP contribution >= 0.6 is 23.8 Å². The molecule has 0 bridgehead atoms. The number of carbonyl (C=O) groups excluding carboxylic acids is 2. The fraction of sp³-hybridized carbons (Fsp3) is 0.682. The highest BCUT2D eigenvalue weighted by Crippen LogP contribution is 2.58. The number of nitrogen functional groups attached to an aromatic ring is 2. The van der Waals surface area contributed by atoms with E-state index in [2.05, 4.69) is 36.2 Å². The average Bonchev–Trinajstić information content (AvgIpc) is 3.37. The van der Waals surface area contributed by atoms with Crippen molar-refractivity contribution in [3.05, 3.63) is 6.33 Å². The molecule has 4 rings (SSSR count). The van der Waals surface area contributed by atoms with Gasteiger partial charge >= 0.3 is 13.8 Å². The molecule has 2 unspecified atom stereocenters. The van der Waals surface area contributed by atoms with Crippen LogP contribution in [0.15, 0.2) is 6.33 Å². The van der Waals surface area contributed by atoms with Gasteiger partial charge in [0.2, 0.25) is 16.4 Å². The van der Waals surface area contributed by atoms with Gasteiger partial charge in [-0.3, -0.25) is 27.7 Å². The Kier molecular flexibility index (Phi) is 8.95. The number of esters is 1. The summed E-state index contributed by atoms with van der Waals surface area (Å²) in [5, 5.41) is 13.2. The maximum atomic E-state index is 15.7. The first-order valence-corrected chi connectivity index (χ1v) is 14.8. The molecule has 6 N–H and O–H groups in total. The van der Waals surface area contributed by atoms with Gasteiger partial charge in [-0.1, -0.05) is 13.8 Å². The first-order valence-electron chi connectivity index (χ1n) is 12.6. The second-order valence-electron chi connectivity index (χ2n) is 10.5. The first-order chi connectivity index (χ1) is 19.0. The Hall–Kier alpha value is -2.47.